The third-order valence-corrected chi connectivity index (χ3v) is 4.93. The van der Waals surface area contributed by atoms with Gasteiger partial charge in [-0.3, -0.25) is 19.7 Å². The first-order valence-corrected chi connectivity index (χ1v) is 8.55. The van der Waals surface area contributed by atoms with Gasteiger partial charge in [0.15, 0.2) is 0 Å². The van der Waals surface area contributed by atoms with Crippen molar-refractivity contribution < 1.29 is 14.4 Å². The largest absolute Gasteiger partial charge is 0.325 e. The number of anilines is 1. The summed E-state index contributed by atoms with van der Waals surface area (Å²) in [6.45, 7) is 1.84. The van der Waals surface area contributed by atoms with Crippen molar-refractivity contribution in [1.82, 2.24) is 5.32 Å². The monoisotopic (exact) mass is 340 g/mol. The number of rotatable bonds is 5. The molecule has 0 aromatic heterocycles. The maximum absolute atomic E-state index is 12.3. The number of fused-ring (bicyclic) bond motifs is 1. The van der Waals surface area contributed by atoms with Crippen LogP contribution in [0.2, 0.25) is 0 Å². The van der Waals surface area contributed by atoms with Crippen molar-refractivity contribution in [2.45, 2.75) is 17.9 Å². The topological polar surface area (TPSA) is 75.3 Å². The number of amides is 3. The molecule has 0 aliphatic carbocycles. The first-order chi connectivity index (χ1) is 11.5. The molecular weight excluding hydrogens is 324 g/mol. The third-order valence-electron chi connectivity index (χ3n) is 3.72. The summed E-state index contributed by atoms with van der Waals surface area (Å²) in [5, 5.41) is 4.78. The molecule has 1 aliphatic heterocycles. The second-order valence-electron chi connectivity index (χ2n) is 5.47. The Balaban J connectivity index is 1.61. The molecule has 1 heterocycles. The van der Waals surface area contributed by atoms with Crippen LogP contribution in [0.4, 0.5) is 5.69 Å². The Kier molecular flexibility index (Phi) is 4.66. The molecule has 0 saturated carbocycles. The van der Waals surface area contributed by atoms with Gasteiger partial charge in [-0.05, 0) is 30.7 Å². The van der Waals surface area contributed by atoms with E-state index in [4.69, 9.17) is 0 Å². The molecule has 0 spiro atoms. The van der Waals surface area contributed by atoms with Gasteiger partial charge in [0, 0.05) is 11.4 Å². The fourth-order valence-electron chi connectivity index (χ4n) is 2.36. The van der Waals surface area contributed by atoms with Gasteiger partial charge in [-0.2, -0.15) is 0 Å². The predicted octanol–water partition coefficient (Wildman–Crippen LogP) is 2.83. The van der Waals surface area contributed by atoms with Crippen molar-refractivity contribution in [3.05, 3.63) is 65.2 Å². The number of nitrogens with one attached hydrogen (secondary N) is 2. The molecular formula is C18H16N2O3S. The highest BCUT2D eigenvalue weighted by Crippen LogP contribution is 2.22. The van der Waals surface area contributed by atoms with Gasteiger partial charge in [0.25, 0.3) is 11.8 Å². The van der Waals surface area contributed by atoms with E-state index in [2.05, 4.69) is 10.6 Å². The summed E-state index contributed by atoms with van der Waals surface area (Å²) in [5.74, 6) is -0.228. The maximum Gasteiger partial charge on any atom is 0.259 e. The Morgan fingerprint density at radius 3 is 2.54 bits per heavy atom. The van der Waals surface area contributed by atoms with Gasteiger partial charge in [-0.25, -0.2) is 0 Å². The summed E-state index contributed by atoms with van der Waals surface area (Å²) in [6.07, 6.45) is 0. The maximum atomic E-state index is 12.3. The standard InChI is InChI=1S/C18H16N2O3S/c1-11(24-10-12-5-3-2-4-6-12)16(21)19-13-7-8-14-15(9-13)18(23)20-17(14)22/h2-9,11H,10H2,1H3,(H,19,21)(H,20,22,23)/t11-/m0/s1. The van der Waals surface area contributed by atoms with E-state index in [0.717, 1.165) is 11.3 Å². The molecule has 24 heavy (non-hydrogen) atoms. The van der Waals surface area contributed by atoms with Crippen LogP contribution >= 0.6 is 11.8 Å². The van der Waals surface area contributed by atoms with E-state index in [1.165, 1.54) is 17.8 Å². The van der Waals surface area contributed by atoms with Crippen molar-refractivity contribution in [3.8, 4) is 0 Å². The van der Waals surface area contributed by atoms with E-state index in [9.17, 15) is 14.4 Å². The molecule has 6 heteroatoms. The molecule has 2 aromatic rings. The normalized spacial score (nSPS) is 14.0. The fourth-order valence-corrected chi connectivity index (χ4v) is 3.21. The number of carbonyl (C=O) groups is 3. The highest BCUT2D eigenvalue weighted by atomic mass is 32.2. The molecule has 0 unspecified atom stereocenters. The zero-order valence-electron chi connectivity index (χ0n) is 13.0. The molecule has 1 atom stereocenters. The van der Waals surface area contributed by atoms with E-state index < -0.39 is 11.8 Å². The van der Waals surface area contributed by atoms with Crippen LogP contribution in [0.5, 0.6) is 0 Å². The number of thioether (sulfide) groups is 1. The van der Waals surface area contributed by atoms with Crippen LogP contribution in [0.15, 0.2) is 48.5 Å². The lowest BCUT2D eigenvalue weighted by Gasteiger charge is -2.12. The van der Waals surface area contributed by atoms with Gasteiger partial charge < -0.3 is 5.32 Å². The minimum Gasteiger partial charge on any atom is -0.325 e. The molecule has 0 radical (unpaired) electrons. The molecule has 3 amide bonds. The van der Waals surface area contributed by atoms with Gasteiger partial charge in [0.2, 0.25) is 5.91 Å². The molecule has 0 bridgehead atoms. The highest BCUT2D eigenvalue weighted by Gasteiger charge is 2.27. The summed E-state index contributed by atoms with van der Waals surface area (Å²) in [5.41, 5.74) is 2.30. The van der Waals surface area contributed by atoms with Crippen molar-refractivity contribution >= 4 is 35.2 Å². The van der Waals surface area contributed by atoms with Crippen LogP contribution in [0.1, 0.15) is 33.2 Å². The number of carbonyl (C=O) groups excluding carboxylic acids is 3. The minimum atomic E-state index is -0.433. The molecule has 2 N–H and O–H groups in total. The van der Waals surface area contributed by atoms with Crippen molar-refractivity contribution in [3.63, 3.8) is 0 Å². The minimum absolute atomic E-state index is 0.138. The third kappa shape index (κ3) is 3.49. The van der Waals surface area contributed by atoms with Gasteiger partial charge in [0.05, 0.1) is 16.4 Å². The van der Waals surface area contributed by atoms with E-state index in [1.807, 2.05) is 37.3 Å². The Hall–Kier alpha value is -2.60. The van der Waals surface area contributed by atoms with E-state index in [1.54, 1.807) is 12.1 Å². The second-order valence-corrected chi connectivity index (χ2v) is 6.80. The second kappa shape index (κ2) is 6.88. The van der Waals surface area contributed by atoms with Gasteiger partial charge in [-0.15, -0.1) is 11.8 Å². The first kappa shape index (κ1) is 16.3. The quantitative estimate of drug-likeness (QED) is 0.821. The van der Waals surface area contributed by atoms with Gasteiger partial charge in [0.1, 0.15) is 0 Å². The molecule has 1 aliphatic rings. The summed E-state index contributed by atoms with van der Waals surface area (Å²) < 4.78 is 0. The Morgan fingerprint density at radius 2 is 1.79 bits per heavy atom. The van der Waals surface area contributed by atoms with Crippen molar-refractivity contribution in [2.24, 2.45) is 0 Å². The molecule has 0 fully saturated rings. The number of hydrogen-bond acceptors (Lipinski definition) is 4. The Labute approximate surface area is 143 Å². The Bertz CT molecular complexity index is 805. The number of hydrogen-bond donors (Lipinski definition) is 2. The average molecular weight is 340 g/mol. The first-order valence-electron chi connectivity index (χ1n) is 7.51. The fraction of sp³-hybridized carbons (Fsp3) is 0.167. The molecule has 3 rings (SSSR count). The average Bonchev–Trinajstić information content (AvgIpc) is 2.87. The lowest BCUT2D eigenvalue weighted by molar-refractivity contribution is -0.115. The van der Waals surface area contributed by atoms with Crippen LogP contribution in [0.3, 0.4) is 0 Å². The zero-order valence-corrected chi connectivity index (χ0v) is 13.9. The number of benzene rings is 2. The summed E-state index contributed by atoms with van der Waals surface area (Å²) in [4.78, 5) is 35.5. The Morgan fingerprint density at radius 1 is 1.08 bits per heavy atom. The van der Waals surface area contributed by atoms with Crippen molar-refractivity contribution in [1.29, 1.82) is 0 Å². The summed E-state index contributed by atoms with van der Waals surface area (Å²) in [6, 6.07) is 14.6. The lowest BCUT2D eigenvalue weighted by Crippen LogP contribution is -2.22. The summed E-state index contributed by atoms with van der Waals surface area (Å²) in [7, 11) is 0. The van der Waals surface area contributed by atoms with Gasteiger partial charge in [-0.1, -0.05) is 30.3 Å². The van der Waals surface area contributed by atoms with E-state index in [-0.39, 0.29) is 11.2 Å². The van der Waals surface area contributed by atoms with Crippen LogP contribution in [-0.4, -0.2) is 23.0 Å². The summed E-state index contributed by atoms with van der Waals surface area (Å²) >= 11 is 1.54. The van der Waals surface area contributed by atoms with Crippen LogP contribution in [-0.2, 0) is 10.5 Å². The lowest BCUT2D eigenvalue weighted by atomic mass is 10.1. The van der Waals surface area contributed by atoms with E-state index in [0.29, 0.717) is 16.8 Å². The van der Waals surface area contributed by atoms with Crippen molar-refractivity contribution in [2.75, 3.05) is 5.32 Å². The SMILES string of the molecule is C[C@H](SCc1ccccc1)C(=O)Nc1ccc2c(c1)C(=O)NC2=O. The zero-order chi connectivity index (χ0) is 17.1. The van der Waals surface area contributed by atoms with Crippen LogP contribution in [0, 0.1) is 0 Å². The highest BCUT2D eigenvalue weighted by molar-refractivity contribution is 7.99. The number of imide groups is 1. The van der Waals surface area contributed by atoms with E-state index >= 15 is 0 Å². The smallest absolute Gasteiger partial charge is 0.259 e. The predicted molar refractivity (Wildman–Crippen MR) is 94.1 cm³/mol. The van der Waals surface area contributed by atoms with Gasteiger partial charge >= 0.3 is 0 Å². The molecule has 5 nitrogen and oxygen atoms in total. The molecule has 0 saturated heterocycles. The molecule has 122 valence electrons. The van der Waals surface area contributed by atoms with Crippen LogP contribution < -0.4 is 10.6 Å². The molecule has 2 aromatic carbocycles. The van der Waals surface area contributed by atoms with Crippen LogP contribution in [0.25, 0.3) is 0 Å².